The predicted molar refractivity (Wildman–Crippen MR) is 75.1 cm³/mol. The van der Waals surface area contributed by atoms with Gasteiger partial charge in [0, 0.05) is 18.0 Å². The van der Waals surface area contributed by atoms with Crippen molar-refractivity contribution in [2.75, 3.05) is 0 Å². The molecule has 0 unspecified atom stereocenters. The quantitative estimate of drug-likeness (QED) is 0.921. The maximum absolute atomic E-state index is 11.8. The topological polar surface area (TPSA) is 63.6 Å². The Morgan fingerprint density at radius 3 is 2.74 bits per heavy atom. The van der Waals surface area contributed by atoms with Crippen LogP contribution in [0.3, 0.4) is 0 Å². The molecule has 19 heavy (non-hydrogen) atoms. The van der Waals surface area contributed by atoms with Crippen LogP contribution in [0.15, 0.2) is 23.4 Å². The van der Waals surface area contributed by atoms with Gasteiger partial charge in [-0.05, 0) is 6.42 Å². The van der Waals surface area contributed by atoms with Crippen LogP contribution in [0, 0.1) is 0 Å². The van der Waals surface area contributed by atoms with Crippen LogP contribution in [0.4, 0.5) is 0 Å². The van der Waals surface area contributed by atoms with E-state index in [4.69, 9.17) is 0 Å². The van der Waals surface area contributed by atoms with Crippen molar-refractivity contribution in [2.24, 2.45) is 0 Å². The standard InChI is InChI=1S/C14H20N4O/c1-5-6-18-9-15-8-10(18)13-16-11(14(2,3)4)7-12(19)17-13/h7-9H,5-6H2,1-4H3,(H,16,17,19). The molecule has 0 fully saturated rings. The van der Waals surface area contributed by atoms with Gasteiger partial charge in [-0.2, -0.15) is 0 Å². The van der Waals surface area contributed by atoms with E-state index in [1.54, 1.807) is 18.6 Å². The lowest BCUT2D eigenvalue weighted by atomic mass is 9.92. The normalized spacial score (nSPS) is 11.8. The Bertz CT molecular complexity index is 619. The van der Waals surface area contributed by atoms with Gasteiger partial charge < -0.3 is 9.55 Å². The van der Waals surface area contributed by atoms with E-state index in [0.717, 1.165) is 24.4 Å². The molecule has 2 rings (SSSR count). The number of aryl methyl sites for hydroxylation is 1. The summed E-state index contributed by atoms with van der Waals surface area (Å²) >= 11 is 0. The zero-order chi connectivity index (χ0) is 14.0. The van der Waals surface area contributed by atoms with E-state index in [-0.39, 0.29) is 11.0 Å². The van der Waals surface area contributed by atoms with Crippen LogP contribution in [0.2, 0.25) is 0 Å². The van der Waals surface area contributed by atoms with Crippen LogP contribution >= 0.6 is 0 Å². The Labute approximate surface area is 112 Å². The van der Waals surface area contributed by atoms with Crippen LogP contribution in [0.5, 0.6) is 0 Å². The van der Waals surface area contributed by atoms with Gasteiger partial charge in [-0.15, -0.1) is 0 Å². The van der Waals surface area contributed by atoms with E-state index in [0.29, 0.717) is 5.82 Å². The molecule has 0 spiro atoms. The number of aromatic nitrogens is 4. The summed E-state index contributed by atoms with van der Waals surface area (Å²) in [7, 11) is 0. The highest BCUT2D eigenvalue weighted by Gasteiger charge is 2.18. The van der Waals surface area contributed by atoms with Crippen molar-refractivity contribution in [3.05, 3.63) is 34.6 Å². The fraction of sp³-hybridized carbons (Fsp3) is 0.500. The lowest BCUT2D eigenvalue weighted by molar-refractivity contribution is 0.566. The van der Waals surface area contributed by atoms with E-state index >= 15 is 0 Å². The van der Waals surface area contributed by atoms with Crippen molar-refractivity contribution in [3.63, 3.8) is 0 Å². The Kier molecular flexibility index (Phi) is 3.55. The zero-order valence-electron chi connectivity index (χ0n) is 11.9. The number of hydrogen-bond donors (Lipinski definition) is 1. The minimum Gasteiger partial charge on any atom is -0.328 e. The van der Waals surface area contributed by atoms with Crippen LogP contribution < -0.4 is 5.56 Å². The van der Waals surface area contributed by atoms with E-state index in [1.165, 1.54) is 0 Å². The number of nitrogens with one attached hydrogen (secondary N) is 1. The monoisotopic (exact) mass is 260 g/mol. The molecule has 0 aliphatic heterocycles. The summed E-state index contributed by atoms with van der Waals surface area (Å²) < 4.78 is 2.00. The summed E-state index contributed by atoms with van der Waals surface area (Å²) in [5, 5.41) is 0. The minimum atomic E-state index is -0.154. The largest absolute Gasteiger partial charge is 0.328 e. The summed E-state index contributed by atoms with van der Waals surface area (Å²) in [5.41, 5.74) is 1.36. The molecule has 2 aromatic rings. The van der Waals surface area contributed by atoms with Crippen LogP contribution in [-0.2, 0) is 12.0 Å². The highest BCUT2D eigenvalue weighted by Crippen LogP contribution is 2.21. The van der Waals surface area contributed by atoms with Gasteiger partial charge in [0.25, 0.3) is 5.56 Å². The van der Waals surface area contributed by atoms with E-state index < -0.39 is 0 Å². The average Bonchev–Trinajstić information content (AvgIpc) is 2.76. The molecule has 2 heterocycles. The van der Waals surface area contributed by atoms with Crippen LogP contribution in [-0.4, -0.2) is 19.5 Å². The van der Waals surface area contributed by atoms with Crippen molar-refractivity contribution in [2.45, 2.75) is 46.1 Å². The molecule has 5 nitrogen and oxygen atoms in total. The van der Waals surface area contributed by atoms with Crippen molar-refractivity contribution < 1.29 is 0 Å². The maximum atomic E-state index is 11.8. The second kappa shape index (κ2) is 4.99. The molecule has 0 saturated heterocycles. The third kappa shape index (κ3) is 2.92. The summed E-state index contributed by atoms with van der Waals surface area (Å²) in [6, 6.07) is 1.56. The van der Waals surface area contributed by atoms with Gasteiger partial charge in [0.1, 0.15) is 5.69 Å². The molecule has 1 N–H and O–H groups in total. The van der Waals surface area contributed by atoms with Gasteiger partial charge in [0.2, 0.25) is 0 Å². The number of H-pyrrole nitrogens is 1. The molecule has 102 valence electrons. The van der Waals surface area contributed by atoms with Gasteiger partial charge in [-0.3, -0.25) is 4.79 Å². The fourth-order valence-corrected chi connectivity index (χ4v) is 1.90. The number of imidazole rings is 1. The molecule has 0 aliphatic rings. The third-order valence-corrected chi connectivity index (χ3v) is 2.93. The first-order valence-corrected chi connectivity index (χ1v) is 6.54. The Morgan fingerprint density at radius 1 is 1.37 bits per heavy atom. The summed E-state index contributed by atoms with van der Waals surface area (Å²) in [6.07, 6.45) is 4.51. The highest BCUT2D eigenvalue weighted by molar-refractivity contribution is 5.48. The number of aromatic amines is 1. The first-order valence-electron chi connectivity index (χ1n) is 6.54. The molecule has 0 saturated carbocycles. The smallest absolute Gasteiger partial charge is 0.251 e. The van der Waals surface area contributed by atoms with Gasteiger partial charge in [0.05, 0.1) is 18.2 Å². The third-order valence-electron chi connectivity index (χ3n) is 2.93. The van der Waals surface area contributed by atoms with E-state index in [2.05, 4.69) is 21.9 Å². The molecule has 0 radical (unpaired) electrons. The van der Waals surface area contributed by atoms with Gasteiger partial charge in [-0.25, -0.2) is 9.97 Å². The molecule has 5 heteroatoms. The molecular formula is C14H20N4O. The molecule has 0 aliphatic carbocycles. The van der Waals surface area contributed by atoms with Crippen molar-refractivity contribution in [3.8, 4) is 11.5 Å². The SMILES string of the molecule is CCCn1cncc1-c1nc(C(C)(C)C)cc(=O)[nH]1. The molecule has 2 aromatic heterocycles. The Balaban J connectivity index is 2.53. The van der Waals surface area contributed by atoms with Gasteiger partial charge in [0.15, 0.2) is 5.82 Å². The summed E-state index contributed by atoms with van der Waals surface area (Å²) in [5.74, 6) is 0.586. The second-order valence-corrected chi connectivity index (χ2v) is 5.70. The summed E-state index contributed by atoms with van der Waals surface area (Å²) in [6.45, 7) is 9.09. The van der Waals surface area contributed by atoms with Crippen molar-refractivity contribution in [1.82, 2.24) is 19.5 Å². The van der Waals surface area contributed by atoms with E-state index in [1.807, 2.05) is 25.3 Å². The Morgan fingerprint density at radius 2 is 2.11 bits per heavy atom. The lowest BCUT2D eigenvalue weighted by Gasteiger charge is -2.18. The molecular weight excluding hydrogens is 240 g/mol. The van der Waals surface area contributed by atoms with Crippen molar-refractivity contribution in [1.29, 1.82) is 0 Å². The first kappa shape index (κ1) is 13.5. The van der Waals surface area contributed by atoms with Gasteiger partial charge >= 0.3 is 0 Å². The summed E-state index contributed by atoms with van der Waals surface area (Å²) in [4.78, 5) is 23.3. The van der Waals surface area contributed by atoms with Crippen LogP contribution in [0.1, 0.15) is 39.8 Å². The fourth-order valence-electron chi connectivity index (χ4n) is 1.90. The predicted octanol–water partition coefficient (Wildman–Crippen LogP) is 2.34. The van der Waals surface area contributed by atoms with E-state index in [9.17, 15) is 4.79 Å². The Hall–Kier alpha value is -1.91. The van der Waals surface area contributed by atoms with Crippen LogP contribution in [0.25, 0.3) is 11.5 Å². The highest BCUT2D eigenvalue weighted by atomic mass is 16.1. The number of nitrogens with zero attached hydrogens (tertiary/aromatic N) is 3. The molecule has 0 amide bonds. The van der Waals surface area contributed by atoms with Gasteiger partial charge in [-0.1, -0.05) is 27.7 Å². The lowest BCUT2D eigenvalue weighted by Crippen LogP contribution is -2.20. The number of hydrogen-bond acceptors (Lipinski definition) is 3. The molecule has 0 atom stereocenters. The van der Waals surface area contributed by atoms with Crippen molar-refractivity contribution >= 4 is 0 Å². The molecule has 0 aromatic carbocycles. The first-order chi connectivity index (χ1) is 8.91. The maximum Gasteiger partial charge on any atom is 0.251 e. The minimum absolute atomic E-state index is 0.126. The zero-order valence-corrected chi connectivity index (χ0v) is 11.9. The molecule has 0 bridgehead atoms. The average molecular weight is 260 g/mol. The number of rotatable bonds is 3. The second-order valence-electron chi connectivity index (χ2n) is 5.70.